The quantitative estimate of drug-likeness (QED) is 0.892. The monoisotopic (exact) mass is 269 g/mol. The van der Waals surface area contributed by atoms with Crippen LogP contribution in [0.3, 0.4) is 0 Å². The molecule has 0 unspecified atom stereocenters. The van der Waals surface area contributed by atoms with Crippen LogP contribution in [0.25, 0.3) is 0 Å². The fourth-order valence-corrected chi connectivity index (χ4v) is 2.52. The topological polar surface area (TPSA) is 32.7 Å². The maximum absolute atomic E-state index is 9.27. The van der Waals surface area contributed by atoms with Gasteiger partial charge in [0.1, 0.15) is 12.4 Å². The summed E-state index contributed by atoms with van der Waals surface area (Å²) >= 11 is 6.01. The molecule has 1 saturated heterocycles. The van der Waals surface area contributed by atoms with Crippen molar-refractivity contribution in [1.29, 1.82) is 0 Å². The standard InChI is InChI=1S/C14H20ClNO2/c15-13-5-4-6-14(12(13)11-17)18-10-9-16-7-2-1-3-8-16/h4-6,17H,1-3,7-11H2. The molecule has 0 aromatic heterocycles. The van der Waals surface area contributed by atoms with Gasteiger partial charge in [-0.2, -0.15) is 0 Å². The predicted octanol–water partition coefficient (Wildman–Crippen LogP) is 2.70. The number of halogens is 1. The number of likely N-dealkylation sites (tertiary alicyclic amines) is 1. The van der Waals surface area contributed by atoms with E-state index >= 15 is 0 Å². The number of hydrogen-bond donors (Lipinski definition) is 1. The van der Waals surface area contributed by atoms with Gasteiger partial charge in [0.25, 0.3) is 0 Å². The summed E-state index contributed by atoms with van der Waals surface area (Å²) in [5.41, 5.74) is 0.679. The summed E-state index contributed by atoms with van der Waals surface area (Å²) in [6, 6.07) is 5.47. The van der Waals surface area contributed by atoms with Gasteiger partial charge >= 0.3 is 0 Å². The molecule has 1 fully saturated rings. The van der Waals surface area contributed by atoms with Crippen LogP contribution in [0.1, 0.15) is 24.8 Å². The molecule has 4 heteroatoms. The maximum Gasteiger partial charge on any atom is 0.126 e. The van der Waals surface area contributed by atoms with E-state index in [9.17, 15) is 5.11 Å². The van der Waals surface area contributed by atoms with E-state index in [1.807, 2.05) is 12.1 Å². The Labute approximate surface area is 113 Å². The maximum atomic E-state index is 9.27. The third kappa shape index (κ3) is 3.61. The van der Waals surface area contributed by atoms with Gasteiger partial charge in [-0.3, -0.25) is 4.90 Å². The number of rotatable bonds is 5. The summed E-state index contributed by atoms with van der Waals surface area (Å²) in [6.07, 6.45) is 3.93. The normalized spacial score (nSPS) is 16.8. The summed E-state index contributed by atoms with van der Waals surface area (Å²) in [5.74, 6) is 0.696. The molecule has 2 rings (SSSR count). The number of hydrogen-bond acceptors (Lipinski definition) is 3. The number of piperidine rings is 1. The Morgan fingerprint density at radius 1 is 1.22 bits per heavy atom. The molecule has 18 heavy (non-hydrogen) atoms. The Morgan fingerprint density at radius 3 is 2.72 bits per heavy atom. The van der Waals surface area contributed by atoms with Gasteiger partial charge in [-0.15, -0.1) is 0 Å². The molecular weight excluding hydrogens is 250 g/mol. The first kappa shape index (κ1) is 13.7. The van der Waals surface area contributed by atoms with E-state index in [-0.39, 0.29) is 6.61 Å². The minimum absolute atomic E-state index is 0.0846. The van der Waals surface area contributed by atoms with Crippen molar-refractivity contribution in [3.63, 3.8) is 0 Å². The lowest BCUT2D eigenvalue weighted by atomic mass is 10.1. The first-order valence-corrected chi connectivity index (χ1v) is 6.92. The summed E-state index contributed by atoms with van der Waals surface area (Å²) in [7, 11) is 0. The zero-order chi connectivity index (χ0) is 12.8. The van der Waals surface area contributed by atoms with Crippen LogP contribution in [-0.4, -0.2) is 36.2 Å². The fraction of sp³-hybridized carbons (Fsp3) is 0.571. The first-order chi connectivity index (χ1) is 8.81. The van der Waals surface area contributed by atoms with Gasteiger partial charge in [-0.05, 0) is 38.1 Å². The van der Waals surface area contributed by atoms with Gasteiger partial charge < -0.3 is 9.84 Å². The van der Waals surface area contributed by atoms with E-state index in [1.165, 1.54) is 32.4 Å². The van der Waals surface area contributed by atoms with E-state index in [0.717, 1.165) is 6.54 Å². The average Bonchev–Trinajstić information content (AvgIpc) is 2.40. The molecule has 1 heterocycles. The predicted molar refractivity (Wildman–Crippen MR) is 73.2 cm³/mol. The molecule has 1 aromatic rings. The SMILES string of the molecule is OCc1c(Cl)cccc1OCCN1CCCCC1. The lowest BCUT2D eigenvalue weighted by molar-refractivity contribution is 0.180. The Bertz CT molecular complexity index is 378. The highest BCUT2D eigenvalue weighted by Gasteiger charge is 2.11. The molecule has 1 N–H and O–H groups in total. The second-order valence-electron chi connectivity index (χ2n) is 4.63. The highest BCUT2D eigenvalue weighted by molar-refractivity contribution is 6.31. The van der Waals surface area contributed by atoms with Gasteiger partial charge in [0.15, 0.2) is 0 Å². The molecule has 1 aliphatic heterocycles. The minimum atomic E-state index is -0.0846. The van der Waals surface area contributed by atoms with E-state index in [2.05, 4.69) is 4.90 Å². The Hall–Kier alpha value is -0.770. The zero-order valence-electron chi connectivity index (χ0n) is 10.6. The number of ether oxygens (including phenoxy) is 1. The van der Waals surface area contributed by atoms with Crippen molar-refractivity contribution in [2.45, 2.75) is 25.9 Å². The zero-order valence-corrected chi connectivity index (χ0v) is 11.3. The molecule has 0 bridgehead atoms. The van der Waals surface area contributed by atoms with E-state index in [4.69, 9.17) is 16.3 Å². The van der Waals surface area contributed by atoms with Crippen LogP contribution < -0.4 is 4.74 Å². The molecular formula is C14H20ClNO2. The van der Waals surface area contributed by atoms with Crippen LogP contribution in [0.15, 0.2) is 18.2 Å². The van der Waals surface area contributed by atoms with E-state index in [1.54, 1.807) is 6.07 Å². The average molecular weight is 270 g/mol. The van der Waals surface area contributed by atoms with Crippen LogP contribution in [0.2, 0.25) is 5.02 Å². The van der Waals surface area contributed by atoms with Gasteiger partial charge in [-0.1, -0.05) is 24.1 Å². The van der Waals surface area contributed by atoms with Gasteiger partial charge in [0.05, 0.1) is 6.61 Å². The van der Waals surface area contributed by atoms with Crippen LogP contribution in [0.4, 0.5) is 0 Å². The largest absolute Gasteiger partial charge is 0.492 e. The Kier molecular flexibility index (Phi) is 5.29. The molecule has 100 valence electrons. The fourth-order valence-electron chi connectivity index (χ4n) is 2.30. The molecule has 0 radical (unpaired) electrons. The third-order valence-electron chi connectivity index (χ3n) is 3.35. The third-order valence-corrected chi connectivity index (χ3v) is 3.70. The molecule has 1 aromatic carbocycles. The van der Waals surface area contributed by atoms with Crippen LogP contribution in [0.5, 0.6) is 5.75 Å². The van der Waals surface area contributed by atoms with Crippen LogP contribution in [-0.2, 0) is 6.61 Å². The number of aliphatic hydroxyl groups excluding tert-OH is 1. The van der Waals surface area contributed by atoms with E-state index < -0.39 is 0 Å². The summed E-state index contributed by atoms with van der Waals surface area (Å²) < 4.78 is 5.73. The number of benzene rings is 1. The minimum Gasteiger partial charge on any atom is -0.492 e. The molecule has 0 spiro atoms. The molecule has 0 amide bonds. The molecule has 0 aliphatic carbocycles. The lowest BCUT2D eigenvalue weighted by Gasteiger charge is -2.26. The lowest BCUT2D eigenvalue weighted by Crippen LogP contribution is -2.33. The van der Waals surface area contributed by atoms with Gasteiger partial charge in [-0.25, -0.2) is 0 Å². The second-order valence-corrected chi connectivity index (χ2v) is 5.03. The van der Waals surface area contributed by atoms with Gasteiger partial charge in [0, 0.05) is 17.1 Å². The molecule has 0 atom stereocenters. The Morgan fingerprint density at radius 2 is 2.00 bits per heavy atom. The first-order valence-electron chi connectivity index (χ1n) is 6.54. The molecule has 1 aliphatic rings. The second kappa shape index (κ2) is 6.98. The highest BCUT2D eigenvalue weighted by Crippen LogP contribution is 2.26. The van der Waals surface area contributed by atoms with Crippen molar-refractivity contribution in [2.24, 2.45) is 0 Å². The van der Waals surface area contributed by atoms with E-state index in [0.29, 0.717) is 22.9 Å². The smallest absolute Gasteiger partial charge is 0.126 e. The number of aliphatic hydroxyl groups is 1. The van der Waals surface area contributed by atoms with Crippen LogP contribution >= 0.6 is 11.6 Å². The number of nitrogens with zero attached hydrogens (tertiary/aromatic N) is 1. The van der Waals surface area contributed by atoms with Crippen molar-refractivity contribution >= 4 is 11.6 Å². The van der Waals surface area contributed by atoms with Gasteiger partial charge in [0.2, 0.25) is 0 Å². The summed E-state index contributed by atoms with van der Waals surface area (Å²) in [6.45, 7) is 3.85. The van der Waals surface area contributed by atoms with Crippen molar-refractivity contribution in [2.75, 3.05) is 26.2 Å². The van der Waals surface area contributed by atoms with Crippen molar-refractivity contribution in [3.8, 4) is 5.75 Å². The van der Waals surface area contributed by atoms with Crippen LogP contribution in [0, 0.1) is 0 Å². The summed E-state index contributed by atoms with van der Waals surface area (Å²) in [5, 5.41) is 9.84. The summed E-state index contributed by atoms with van der Waals surface area (Å²) in [4.78, 5) is 2.42. The Balaban J connectivity index is 1.84. The van der Waals surface area contributed by atoms with Crippen molar-refractivity contribution < 1.29 is 9.84 Å². The van der Waals surface area contributed by atoms with Crippen molar-refractivity contribution in [1.82, 2.24) is 4.90 Å². The van der Waals surface area contributed by atoms with Crippen molar-refractivity contribution in [3.05, 3.63) is 28.8 Å². The molecule has 0 saturated carbocycles. The molecule has 3 nitrogen and oxygen atoms in total. The highest BCUT2D eigenvalue weighted by atomic mass is 35.5.